The number of hydrogen-bond donors (Lipinski definition) is 1. The number of carbonyl (C=O) groups excluding carboxylic acids is 5. The number of rotatable bonds is 19. The van der Waals surface area contributed by atoms with Gasteiger partial charge in [-0.3, -0.25) is 14.4 Å². The molecule has 2 amide bonds. The van der Waals surface area contributed by atoms with Gasteiger partial charge in [0, 0.05) is 51.8 Å². The number of unbranched alkanes of at least 4 members (excludes halogenated alkanes) is 4. The molecule has 0 aliphatic heterocycles. The predicted molar refractivity (Wildman–Crippen MR) is 134 cm³/mol. The van der Waals surface area contributed by atoms with Crippen molar-refractivity contribution in [3.63, 3.8) is 0 Å². The second-order valence-corrected chi connectivity index (χ2v) is 7.97. The maximum atomic E-state index is 12.7. The number of benzene rings is 1. The molecule has 0 fully saturated rings. The smallest absolute Gasteiger partial charge is 0.254 e. The van der Waals surface area contributed by atoms with Crippen LogP contribution in [0.4, 0.5) is 0 Å². The van der Waals surface area contributed by atoms with Crippen molar-refractivity contribution in [1.29, 1.82) is 0 Å². The minimum absolute atomic E-state index is 0.103. The van der Waals surface area contributed by atoms with E-state index in [1.54, 1.807) is 37.2 Å². The molecule has 1 N–H and O–H groups in total. The topological polar surface area (TPSA) is 119 Å². The number of amides is 2. The van der Waals surface area contributed by atoms with Gasteiger partial charge < -0.3 is 29.3 Å². The zero-order valence-corrected chi connectivity index (χ0v) is 21.2. The Labute approximate surface area is 208 Å². The van der Waals surface area contributed by atoms with Crippen LogP contribution in [0.15, 0.2) is 18.2 Å². The lowest BCUT2D eigenvalue weighted by Gasteiger charge is -2.25. The number of hydrogen-bond acceptors (Lipinski definition) is 7. The monoisotopic (exact) mass is 492 g/mol. The third kappa shape index (κ3) is 14.7. The fourth-order valence-electron chi connectivity index (χ4n) is 3.02. The normalized spacial score (nSPS) is 10.8. The molecule has 1 unspecified atom stereocenters. The van der Waals surface area contributed by atoms with E-state index in [-0.39, 0.29) is 11.9 Å². The third-order valence-corrected chi connectivity index (χ3v) is 5.24. The van der Waals surface area contributed by atoms with Gasteiger partial charge in [-0.15, -0.1) is 0 Å². The summed E-state index contributed by atoms with van der Waals surface area (Å²) in [6.45, 7) is 3.78. The highest BCUT2D eigenvalue weighted by Gasteiger charge is 2.20. The molecule has 196 valence electrons. The fraction of sp³-hybridized carbons (Fsp3) is 0.577. The van der Waals surface area contributed by atoms with Gasteiger partial charge in [-0.2, -0.15) is 0 Å². The first-order chi connectivity index (χ1) is 17.0. The van der Waals surface area contributed by atoms with Crippen LogP contribution in [0, 0.1) is 0 Å². The van der Waals surface area contributed by atoms with Crippen molar-refractivity contribution >= 4 is 31.2 Å². The molecule has 0 aromatic heterocycles. The minimum Gasteiger partial charge on any atom is -0.494 e. The summed E-state index contributed by atoms with van der Waals surface area (Å²) < 4.78 is 11.2. The van der Waals surface area contributed by atoms with Crippen LogP contribution in [-0.4, -0.2) is 76.0 Å². The summed E-state index contributed by atoms with van der Waals surface area (Å²) in [5.74, 6) is 0.306. The molecular weight excluding hydrogens is 452 g/mol. The maximum absolute atomic E-state index is 12.7. The second kappa shape index (κ2) is 21.5. The van der Waals surface area contributed by atoms with Gasteiger partial charge in [0.2, 0.25) is 6.41 Å². The first kappa shape index (κ1) is 31.9. The predicted octanol–water partition coefficient (Wildman–Crippen LogP) is 3.24. The largest absolute Gasteiger partial charge is 0.494 e. The Kier molecular flexibility index (Phi) is 19.6. The Morgan fingerprint density at radius 3 is 2.20 bits per heavy atom. The lowest BCUT2D eigenvalue weighted by molar-refractivity contribution is -0.109. The van der Waals surface area contributed by atoms with Gasteiger partial charge in [-0.1, -0.05) is 0 Å². The summed E-state index contributed by atoms with van der Waals surface area (Å²) in [6, 6.07) is 4.80. The van der Waals surface area contributed by atoms with Crippen LogP contribution in [0.2, 0.25) is 0 Å². The standard InChI is InChI=1S/C24H35NO6.C2H5NO/c1-20(10-9-14-27)25(2)24(29)23-12-11-22(18-21(23)19-28)31-17-8-4-7-16-30-15-6-3-5-13-26;1-3-2-4/h11-14,18-20H,3-10,15-17H2,1-2H3;2H,1H3,(H,3,4). The molecule has 0 saturated heterocycles. The lowest BCUT2D eigenvalue weighted by atomic mass is 10.1. The van der Waals surface area contributed by atoms with E-state index in [0.29, 0.717) is 68.7 Å². The Hall–Kier alpha value is -3.07. The molecule has 0 heterocycles. The molecular formula is C26H40N2O7. The SMILES string of the molecule is CC(CCC=O)N(C)C(=O)c1ccc(OCCCCCOCCCCC=O)cc1C=O.CNC=O. The zero-order chi connectivity index (χ0) is 26.3. The molecule has 0 saturated carbocycles. The quantitative estimate of drug-likeness (QED) is 0.233. The summed E-state index contributed by atoms with van der Waals surface area (Å²) in [6.07, 6.45) is 9.18. The van der Waals surface area contributed by atoms with Crippen molar-refractivity contribution in [1.82, 2.24) is 10.2 Å². The molecule has 9 heteroatoms. The van der Waals surface area contributed by atoms with Gasteiger partial charge in [-0.05, 0) is 63.6 Å². The summed E-state index contributed by atoms with van der Waals surface area (Å²) in [7, 11) is 3.23. The summed E-state index contributed by atoms with van der Waals surface area (Å²) in [5, 5.41) is 2.25. The number of ether oxygens (including phenoxy) is 2. The molecule has 0 bridgehead atoms. The second-order valence-electron chi connectivity index (χ2n) is 7.97. The minimum atomic E-state index is -0.252. The van der Waals surface area contributed by atoms with E-state index in [1.165, 1.54) is 0 Å². The van der Waals surface area contributed by atoms with Crippen LogP contribution in [-0.2, 0) is 19.1 Å². The highest BCUT2D eigenvalue weighted by molar-refractivity contribution is 6.01. The molecule has 0 aliphatic carbocycles. The van der Waals surface area contributed by atoms with E-state index >= 15 is 0 Å². The van der Waals surface area contributed by atoms with Crippen LogP contribution in [0.1, 0.15) is 79.0 Å². The summed E-state index contributed by atoms with van der Waals surface area (Å²) >= 11 is 0. The molecule has 1 aromatic carbocycles. The Morgan fingerprint density at radius 1 is 0.971 bits per heavy atom. The average Bonchev–Trinajstić information content (AvgIpc) is 2.89. The van der Waals surface area contributed by atoms with Crippen LogP contribution in [0.25, 0.3) is 0 Å². The molecule has 0 radical (unpaired) electrons. The van der Waals surface area contributed by atoms with E-state index in [4.69, 9.17) is 14.3 Å². The summed E-state index contributed by atoms with van der Waals surface area (Å²) in [5.41, 5.74) is 0.619. The van der Waals surface area contributed by atoms with E-state index in [1.807, 2.05) is 6.92 Å². The molecule has 1 aromatic rings. The van der Waals surface area contributed by atoms with Crippen molar-refractivity contribution in [3.05, 3.63) is 29.3 Å². The van der Waals surface area contributed by atoms with Crippen molar-refractivity contribution < 1.29 is 33.4 Å². The Balaban J connectivity index is 0.00000267. The molecule has 0 spiro atoms. The lowest BCUT2D eigenvalue weighted by Crippen LogP contribution is -2.35. The van der Waals surface area contributed by atoms with E-state index in [0.717, 1.165) is 44.7 Å². The van der Waals surface area contributed by atoms with Gasteiger partial charge >= 0.3 is 0 Å². The maximum Gasteiger partial charge on any atom is 0.254 e. The van der Waals surface area contributed by atoms with Gasteiger partial charge in [-0.25, -0.2) is 0 Å². The highest BCUT2D eigenvalue weighted by Crippen LogP contribution is 2.20. The average molecular weight is 493 g/mol. The van der Waals surface area contributed by atoms with Gasteiger partial charge in [0.25, 0.3) is 5.91 Å². The number of nitrogens with zero attached hydrogens (tertiary/aromatic N) is 1. The van der Waals surface area contributed by atoms with Crippen LogP contribution in [0.5, 0.6) is 5.75 Å². The molecule has 35 heavy (non-hydrogen) atoms. The number of aldehydes is 3. The van der Waals surface area contributed by atoms with Gasteiger partial charge in [0.15, 0.2) is 6.29 Å². The molecule has 9 nitrogen and oxygen atoms in total. The van der Waals surface area contributed by atoms with Crippen molar-refractivity contribution in [3.8, 4) is 5.75 Å². The van der Waals surface area contributed by atoms with E-state index in [2.05, 4.69) is 5.32 Å². The Bertz CT molecular complexity index is 755. The van der Waals surface area contributed by atoms with Crippen LogP contribution in [0.3, 0.4) is 0 Å². The van der Waals surface area contributed by atoms with Crippen LogP contribution >= 0.6 is 0 Å². The molecule has 1 rings (SSSR count). The molecule has 1 atom stereocenters. The highest BCUT2D eigenvalue weighted by atomic mass is 16.5. The third-order valence-electron chi connectivity index (χ3n) is 5.24. The van der Waals surface area contributed by atoms with Crippen molar-refractivity contribution in [2.45, 2.75) is 64.3 Å². The Morgan fingerprint density at radius 2 is 1.60 bits per heavy atom. The number of carbonyl (C=O) groups is 5. The van der Waals surface area contributed by atoms with Crippen molar-refractivity contribution in [2.24, 2.45) is 0 Å². The van der Waals surface area contributed by atoms with Gasteiger partial charge in [0.05, 0.1) is 12.2 Å². The first-order valence-corrected chi connectivity index (χ1v) is 12.0. The first-order valence-electron chi connectivity index (χ1n) is 12.0. The van der Waals surface area contributed by atoms with E-state index < -0.39 is 0 Å². The fourth-order valence-corrected chi connectivity index (χ4v) is 3.02. The molecule has 0 aliphatic rings. The summed E-state index contributed by atoms with van der Waals surface area (Å²) in [4.78, 5) is 55.6. The number of nitrogens with one attached hydrogen (secondary N) is 1. The van der Waals surface area contributed by atoms with Crippen molar-refractivity contribution in [2.75, 3.05) is 33.9 Å². The van der Waals surface area contributed by atoms with E-state index in [9.17, 15) is 19.2 Å². The van der Waals surface area contributed by atoms with Crippen LogP contribution < -0.4 is 10.1 Å². The zero-order valence-electron chi connectivity index (χ0n) is 21.2. The van der Waals surface area contributed by atoms with Gasteiger partial charge in [0.1, 0.15) is 18.3 Å².